The summed E-state index contributed by atoms with van der Waals surface area (Å²) in [5, 5.41) is 0. The van der Waals surface area contributed by atoms with Crippen LogP contribution in [0.4, 0.5) is 5.69 Å². The fourth-order valence-electron chi connectivity index (χ4n) is 0.742. The molecule has 0 amide bonds. The standard InChI is InChI=1S/C6H7BN2O2S/c1-4-6(9-12(10)11)2-5(7)3-8-4/h2-3,9H,1H3,(H,10,11)/p-1. The van der Waals surface area contributed by atoms with Crippen molar-refractivity contribution in [3.8, 4) is 0 Å². The van der Waals surface area contributed by atoms with Gasteiger partial charge >= 0.3 is 0 Å². The lowest BCUT2D eigenvalue weighted by Crippen LogP contribution is -2.10. The maximum atomic E-state index is 10.3. The summed E-state index contributed by atoms with van der Waals surface area (Å²) in [6.07, 6.45) is 1.47. The minimum atomic E-state index is -2.33. The summed E-state index contributed by atoms with van der Waals surface area (Å²) in [4.78, 5) is 3.87. The molecule has 62 valence electrons. The lowest BCUT2D eigenvalue weighted by atomic mass is 9.98. The number of nitrogens with one attached hydrogen (secondary N) is 1. The molecule has 1 unspecified atom stereocenters. The summed E-state index contributed by atoms with van der Waals surface area (Å²) < 4.78 is 22.7. The van der Waals surface area contributed by atoms with Gasteiger partial charge in [0.25, 0.3) is 0 Å². The molecule has 6 heteroatoms. The van der Waals surface area contributed by atoms with Gasteiger partial charge in [0.1, 0.15) is 7.85 Å². The molecule has 0 saturated carbocycles. The molecule has 0 fully saturated rings. The fraction of sp³-hybridized carbons (Fsp3) is 0.167. The van der Waals surface area contributed by atoms with Crippen molar-refractivity contribution in [2.24, 2.45) is 0 Å². The Hall–Kier alpha value is -0.875. The van der Waals surface area contributed by atoms with E-state index < -0.39 is 11.3 Å². The minimum absolute atomic E-state index is 0.406. The molecule has 0 saturated heterocycles. The molecule has 1 N–H and O–H groups in total. The molecule has 0 aromatic carbocycles. The van der Waals surface area contributed by atoms with E-state index in [-0.39, 0.29) is 0 Å². The average Bonchev–Trinajstić information content (AvgIpc) is 1.96. The summed E-state index contributed by atoms with van der Waals surface area (Å²) in [6, 6.07) is 1.51. The molecule has 1 rings (SSSR count). The third-order valence-corrected chi connectivity index (χ3v) is 1.69. The number of aromatic nitrogens is 1. The first-order valence-corrected chi connectivity index (χ1v) is 4.25. The predicted molar refractivity (Wildman–Crippen MR) is 46.9 cm³/mol. The molecule has 12 heavy (non-hydrogen) atoms. The Morgan fingerprint density at radius 3 is 3.00 bits per heavy atom. The second-order valence-electron chi connectivity index (χ2n) is 2.24. The Morgan fingerprint density at radius 2 is 2.42 bits per heavy atom. The van der Waals surface area contributed by atoms with Gasteiger partial charge in [0, 0.05) is 17.5 Å². The zero-order valence-electron chi connectivity index (χ0n) is 6.40. The van der Waals surface area contributed by atoms with E-state index in [0.29, 0.717) is 16.8 Å². The van der Waals surface area contributed by atoms with Gasteiger partial charge in [-0.15, -0.1) is 0 Å². The van der Waals surface area contributed by atoms with E-state index in [2.05, 4.69) is 9.71 Å². The Labute approximate surface area is 74.2 Å². The van der Waals surface area contributed by atoms with E-state index >= 15 is 0 Å². The summed E-state index contributed by atoms with van der Waals surface area (Å²) in [5.41, 5.74) is 1.42. The molecule has 2 radical (unpaired) electrons. The van der Waals surface area contributed by atoms with Crippen LogP contribution in [-0.2, 0) is 11.3 Å². The molecule has 1 atom stereocenters. The van der Waals surface area contributed by atoms with Gasteiger partial charge in [0.15, 0.2) is 0 Å². The third-order valence-electron chi connectivity index (χ3n) is 1.30. The van der Waals surface area contributed by atoms with Crippen molar-refractivity contribution in [2.45, 2.75) is 6.92 Å². The van der Waals surface area contributed by atoms with Crippen LogP contribution in [0.3, 0.4) is 0 Å². The van der Waals surface area contributed by atoms with Crippen LogP contribution >= 0.6 is 0 Å². The van der Waals surface area contributed by atoms with Crippen LogP contribution in [0.5, 0.6) is 0 Å². The number of anilines is 1. The molecule has 0 aliphatic rings. The molecule has 1 aromatic rings. The van der Waals surface area contributed by atoms with Crippen molar-refractivity contribution in [1.29, 1.82) is 0 Å². The fourth-order valence-corrected chi connectivity index (χ4v) is 1.13. The van der Waals surface area contributed by atoms with Crippen LogP contribution in [0.25, 0.3) is 0 Å². The monoisotopic (exact) mass is 181 g/mol. The highest BCUT2D eigenvalue weighted by atomic mass is 32.2. The Kier molecular flexibility index (Phi) is 2.83. The van der Waals surface area contributed by atoms with Crippen molar-refractivity contribution < 1.29 is 8.76 Å². The first kappa shape index (κ1) is 9.21. The van der Waals surface area contributed by atoms with E-state index in [1.54, 1.807) is 6.92 Å². The van der Waals surface area contributed by atoms with Gasteiger partial charge in [-0.05, 0) is 13.0 Å². The van der Waals surface area contributed by atoms with Crippen LogP contribution in [-0.4, -0.2) is 21.6 Å². The highest BCUT2D eigenvalue weighted by Crippen LogP contribution is 2.08. The zero-order valence-corrected chi connectivity index (χ0v) is 7.22. The molecule has 1 aromatic heterocycles. The van der Waals surface area contributed by atoms with Gasteiger partial charge < -0.3 is 9.27 Å². The molecular formula is C6H6BN2O2S-. The number of rotatable bonds is 2. The van der Waals surface area contributed by atoms with Crippen molar-refractivity contribution >= 4 is 30.3 Å². The molecule has 0 spiro atoms. The van der Waals surface area contributed by atoms with E-state index in [9.17, 15) is 8.76 Å². The van der Waals surface area contributed by atoms with E-state index in [1.807, 2.05) is 0 Å². The predicted octanol–water partition coefficient (Wildman–Crippen LogP) is -0.610. The van der Waals surface area contributed by atoms with E-state index in [4.69, 9.17) is 7.85 Å². The van der Waals surface area contributed by atoms with Crippen LogP contribution in [0.1, 0.15) is 5.69 Å². The second-order valence-corrected chi connectivity index (χ2v) is 2.91. The highest BCUT2D eigenvalue weighted by molar-refractivity contribution is 7.80. The average molecular weight is 181 g/mol. The largest absolute Gasteiger partial charge is 0.755 e. The molecular weight excluding hydrogens is 175 g/mol. The van der Waals surface area contributed by atoms with E-state index in [1.165, 1.54) is 12.3 Å². The Balaban J connectivity index is 2.97. The molecule has 4 nitrogen and oxygen atoms in total. The van der Waals surface area contributed by atoms with Gasteiger partial charge in [-0.1, -0.05) is 5.46 Å². The number of aryl methyl sites for hydroxylation is 1. The molecule has 0 aliphatic heterocycles. The van der Waals surface area contributed by atoms with Crippen molar-refractivity contribution in [1.82, 2.24) is 4.98 Å². The van der Waals surface area contributed by atoms with Gasteiger partial charge in [-0.3, -0.25) is 9.19 Å². The zero-order chi connectivity index (χ0) is 9.14. The second kappa shape index (κ2) is 3.69. The van der Waals surface area contributed by atoms with Crippen molar-refractivity contribution in [2.75, 3.05) is 4.72 Å². The molecule has 1 heterocycles. The maximum Gasteiger partial charge on any atom is 0.116 e. The third kappa shape index (κ3) is 2.32. The molecule has 0 bridgehead atoms. The SMILES string of the molecule is [B]c1cnc(C)c(NS(=O)[O-])c1. The van der Waals surface area contributed by atoms with Crippen LogP contribution in [0.15, 0.2) is 12.3 Å². The van der Waals surface area contributed by atoms with Gasteiger partial charge in [-0.2, -0.15) is 0 Å². The number of pyridine rings is 1. The summed E-state index contributed by atoms with van der Waals surface area (Å²) in [6.45, 7) is 1.69. The molecule has 0 aliphatic carbocycles. The van der Waals surface area contributed by atoms with Crippen LogP contribution < -0.4 is 10.2 Å². The van der Waals surface area contributed by atoms with E-state index in [0.717, 1.165) is 0 Å². The number of hydrogen-bond donors (Lipinski definition) is 1. The minimum Gasteiger partial charge on any atom is -0.755 e. The summed E-state index contributed by atoms with van der Waals surface area (Å²) in [7, 11) is 5.40. The Bertz CT molecular complexity index is 318. The van der Waals surface area contributed by atoms with Gasteiger partial charge in [0.05, 0.1) is 11.4 Å². The summed E-state index contributed by atoms with van der Waals surface area (Å²) in [5.74, 6) is 0. The Morgan fingerprint density at radius 1 is 1.75 bits per heavy atom. The van der Waals surface area contributed by atoms with Crippen LogP contribution in [0, 0.1) is 6.92 Å². The first-order valence-electron chi connectivity index (χ1n) is 3.17. The topological polar surface area (TPSA) is 65.0 Å². The van der Waals surface area contributed by atoms with Crippen LogP contribution in [0.2, 0.25) is 0 Å². The van der Waals surface area contributed by atoms with Gasteiger partial charge in [0.2, 0.25) is 0 Å². The normalized spacial score (nSPS) is 12.5. The van der Waals surface area contributed by atoms with Gasteiger partial charge in [-0.25, -0.2) is 0 Å². The van der Waals surface area contributed by atoms with Crippen molar-refractivity contribution in [3.05, 3.63) is 18.0 Å². The first-order chi connectivity index (χ1) is 5.59. The smallest absolute Gasteiger partial charge is 0.116 e. The number of hydrogen-bond acceptors (Lipinski definition) is 3. The lowest BCUT2D eigenvalue weighted by Gasteiger charge is -2.10. The summed E-state index contributed by atoms with van der Waals surface area (Å²) >= 11 is -2.33. The quantitative estimate of drug-likeness (QED) is 0.488. The maximum absolute atomic E-state index is 10.3. The number of nitrogens with zero attached hydrogens (tertiary/aromatic N) is 1. The lowest BCUT2D eigenvalue weighted by molar-refractivity contribution is 0.542. The van der Waals surface area contributed by atoms with Crippen molar-refractivity contribution in [3.63, 3.8) is 0 Å². The highest BCUT2D eigenvalue weighted by Gasteiger charge is 1.97.